The SMILES string of the molecule is O=C(c1ccccc1F)N1CCCN(C(=O)c2cc(Cl)sc2Cl)CC1. The third-order valence-corrected chi connectivity index (χ3v) is 5.55. The lowest BCUT2D eigenvalue weighted by Gasteiger charge is -2.22. The van der Waals surface area contributed by atoms with Gasteiger partial charge in [0.05, 0.1) is 15.5 Å². The summed E-state index contributed by atoms with van der Waals surface area (Å²) in [5.41, 5.74) is 0.431. The van der Waals surface area contributed by atoms with Crippen LogP contribution in [0.3, 0.4) is 0 Å². The van der Waals surface area contributed by atoms with E-state index in [-0.39, 0.29) is 17.4 Å². The molecule has 4 nitrogen and oxygen atoms in total. The van der Waals surface area contributed by atoms with Crippen LogP contribution >= 0.6 is 34.5 Å². The van der Waals surface area contributed by atoms with Crippen molar-refractivity contribution in [3.05, 3.63) is 55.9 Å². The van der Waals surface area contributed by atoms with Gasteiger partial charge >= 0.3 is 0 Å². The second-order valence-electron chi connectivity index (χ2n) is 5.66. The topological polar surface area (TPSA) is 40.6 Å². The molecule has 1 fully saturated rings. The van der Waals surface area contributed by atoms with Crippen molar-refractivity contribution in [2.24, 2.45) is 0 Å². The van der Waals surface area contributed by atoms with Gasteiger partial charge in [0.2, 0.25) is 0 Å². The molecule has 1 aliphatic rings. The molecule has 2 amide bonds. The highest BCUT2D eigenvalue weighted by Crippen LogP contribution is 2.32. The zero-order valence-corrected chi connectivity index (χ0v) is 15.5. The van der Waals surface area contributed by atoms with E-state index in [0.29, 0.717) is 46.8 Å². The van der Waals surface area contributed by atoms with Crippen LogP contribution in [0.2, 0.25) is 8.67 Å². The predicted molar refractivity (Wildman–Crippen MR) is 97.2 cm³/mol. The molecule has 0 aliphatic carbocycles. The van der Waals surface area contributed by atoms with Gasteiger partial charge < -0.3 is 9.80 Å². The molecule has 0 N–H and O–H groups in total. The van der Waals surface area contributed by atoms with Gasteiger partial charge in [0.1, 0.15) is 10.2 Å². The quantitative estimate of drug-likeness (QED) is 0.758. The van der Waals surface area contributed by atoms with Crippen LogP contribution in [0.5, 0.6) is 0 Å². The Bertz CT molecular complexity index is 812. The van der Waals surface area contributed by atoms with Crippen molar-refractivity contribution in [2.45, 2.75) is 6.42 Å². The Morgan fingerprint density at radius 1 is 0.960 bits per heavy atom. The van der Waals surface area contributed by atoms with Gasteiger partial charge in [-0.15, -0.1) is 11.3 Å². The highest BCUT2D eigenvalue weighted by Gasteiger charge is 2.26. The van der Waals surface area contributed by atoms with E-state index in [0.717, 1.165) is 11.3 Å². The number of hydrogen-bond donors (Lipinski definition) is 0. The first-order chi connectivity index (χ1) is 12.0. The van der Waals surface area contributed by atoms with Gasteiger partial charge in [-0.2, -0.15) is 0 Å². The second kappa shape index (κ2) is 7.72. The van der Waals surface area contributed by atoms with Crippen molar-refractivity contribution in [1.29, 1.82) is 0 Å². The predicted octanol–water partition coefficient (Wildman–Crippen LogP) is 4.18. The molecule has 0 spiro atoms. The number of hydrogen-bond acceptors (Lipinski definition) is 3. The minimum absolute atomic E-state index is 0.0509. The minimum atomic E-state index is -0.538. The zero-order chi connectivity index (χ0) is 18.0. The summed E-state index contributed by atoms with van der Waals surface area (Å²) in [6, 6.07) is 7.47. The van der Waals surface area contributed by atoms with E-state index in [4.69, 9.17) is 23.2 Å². The first-order valence-corrected chi connectivity index (χ1v) is 9.32. The summed E-state index contributed by atoms with van der Waals surface area (Å²) in [6.45, 7) is 1.68. The molecule has 2 heterocycles. The molecule has 3 rings (SSSR count). The van der Waals surface area contributed by atoms with Crippen LogP contribution in [-0.2, 0) is 0 Å². The molecule has 0 unspecified atom stereocenters. The minimum Gasteiger partial charge on any atom is -0.337 e. The smallest absolute Gasteiger partial charge is 0.256 e. The van der Waals surface area contributed by atoms with Gasteiger partial charge in [-0.05, 0) is 24.6 Å². The van der Waals surface area contributed by atoms with Crippen molar-refractivity contribution in [1.82, 2.24) is 9.80 Å². The molecule has 0 saturated carbocycles. The van der Waals surface area contributed by atoms with Crippen LogP contribution in [0.4, 0.5) is 4.39 Å². The lowest BCUT2D eigenvalue weighted by molar-refractivity contribution is 0.0716. The van der Waals surface area contributed by atoms with Crippen LogP contribution in [0.15, 0.2) is 30.3 Å². The maximum Gasteiger partial charge on any atom is 0.256 e. The first kappa shape index (κ1) is 18.2. The van der Waals surface area contributed by atoms with E-state index >= 15 is 0 Å². The maximum absolute atomic E-state index is 13.8. The van der Waals surface area contributed by atoms with Crippen molar-refractivity contribution in [2.75, 3.05) is 26.2 Å². The molecule has 25 heavy (non-hydrogen) atoms. The molecular formula is C17H15Cl2FN2O2S. The summed E-state index contributed by atoms with van der Waals surface area (Å²) in [5, 5.41) is 0. The molecule has 1 aromatic carbocycles. The Hall–Kier alpha value is -1.63. The maximum atomic E-state index is 13.8. The number of rotatable bonds is 2. The summed E-state index contributed by atoms with van der Waals surface area (Å²) >= 11 is 13.1. The Morgan fingerprint density at radius 3 is 2.12 bits per heavy atom. The lowest BCUT2D eigenvalue weighted by atomic mass is 10.2. The van der Waals surface area contributed by atoms with E-state index in [9.17, 15) is 14.0 Å². The highest BCUT2D eigenvalue weighted by atomic mass is 35.5. The Morgan fingerprint density at radius 2 is 1.56 bits per heavy atom. The molecule has 0 atom stereocenters. The summed E-state index contributed by atoms with van der Waals surface area (Å²) in [6.07, 6.45) is 0.613. The Labute approximate surface area is 158 Å². The number of nitrogens with zero attached hydrogens (tertiary/aromatic N) is 2. The number of thiophene rings is 1. The Balaban J connectivity index is 1.70. The lowest BCUT2D eigenvalue weighted by Crippen LogP contribution is -2.37. The number of halogens is 3. The van der Waals surface area contributed by atoms with Gasteiger partial charge in [0, 0.05) is 26.2 Å². The van der Waals surface area contributed by atoms with Crippen molar-refractivity contribution in [3.8, 4) is 0 Å². The fourth-order valence-corrected chi connectivity index (χ4v) is 4.23. The van der Waals surface area contributed by atoms with Gasteiger partial charge in [-0.25, -0.2) is 4.39 Å². The van der Waals surface area contributed by atoms with Gasteiger partial charge in [0.25, 0.3) is 11.8 Å². The van der Waals surface area contributed by atoms with E-state index in [2.05, 4.69) is 0 Å². The van der Waals surface area contributed by atoms with E-state index < -0.39 is 5.82 Å². The highest BCUT2D eigenvalue weighted by molar-refractivity contribution is 7.20. The third kappa shape index (κ3) is 3.97. The monoisotopic (exact) mass is 400 g/mol. The Kier molecular flexibility index (Phi) is 5.61. The molecule has 1 aromatic heterocycles. The fraction of sp³-hybridized carbons (Fsp3) is 0.294. The van der Waals surface area contributed by atoms with Crippen molar-refractivity contribution < 1.29 is 14.0 Å². The molecule has 1 aliphatic heterocycles. The number of benzene rings is 1. The molecule has 0 radical (unpaired) electrons. The molecule has 2 aromatic rings. The van der Waals surface area contributed by atoms with Crippen LogP contribution in [-0.4, -0.2) is 47.8 Å². The average molecular weight is 401 g/mol. The van der Waals surface area contributed by atoms with Crippen LogP contribution in [0, 0.1) is 5.82 Å². The molecule has 0 bridgehead atoms. The number of amides is 2. The van der Waals surface area contributed by atoms with Gasteiger partial charge in [-0.3, -0.25) is 9.59 Å². The summed E-state index contributed by atoms with van der Waals surface area (Å²) in [4.78, 5) is 28.4. The average Bonchev–Trinajstić information content (AvgIpc) is 2.79. The third-order valence-electron chi connectivity index (χ3n) is 4.06. The molecule has 132 valence electrons. The molecule has 1 saturated heterocycles. The summed E-state index contributed by atoms with van der Waals surface area (Å²) < 4.78 is 14.6. The summed E-state index contributed by atoms with van der Waals surface area (Å²) in [5.74, 6) is -1.10. The van der Waals surface area contributed by atoms with E-state index in [1.54, 1.807) is 28.0 Å². The first-order valence-electron chi connectivity index (χ1n) is 7.75. The largest absolute Gasteiger partial charge is 0.337 e. The normalized spacial score (nSPS) is 15.2. The van der Waals surface area contributed by atoms with Crippen molar-refractivity contribution in [3.63, 3.8) is 0 Å². The summed E-state index contributed by atoms with van der Waals surface area (Å²) in [7, 11) is 0. The number of carbonyl (C=O) groups excluding carboxylic acids is 2. The molecular weight excluding hydrogens is 386 g/mol. The van der Waals surface area contributed by atoms with Crippen molar-refractivity contribution >= 4 is 46.4 Å². The number of carbonyl (C=O) groups is 2. The van der Waals surface area contributed by atoms with Crippen LogP contribution in [0.1, 0.15) is 27.1 Å². The molecule has 8 heteroatoms. The fourth-order valence-electron chi connectivity index (χ4n) is 2.79. The van der Waals surface area contributed by atoms with Gasteiger partial charge in [0.15, 0.2) is 0 Å². The second-order valence-corrected chi connectivity index (χ2v) is 7.94. The van der Waals surface area contributed by atoms with Crippen LogP contribution < -0.4 is 0 Å². The van der Waals surface area contributed by atoms with Crippen LogP contribution in [0.25, 0.3) is 0 Å². The van der Waals surface area contributed by atoms with E-state index in [1.807, 2.05) is 0 Å². The zero-order valence-electron chi connectivity index (χ0n) is 13.2. The van der Waals surface area contributed by atoms with E-state index in [1.165, 1.54) is 12.1 Å². The standard InChI is InChI=1S/C17H15Cl2FN2O2S/c18-14-10-12(15(19)25-14)17(24)22-7-3-6-21(8-9-22)16(23)11-4-1-2-5-13(11)20/h1-2,4-5,10H,3,6-9H2. The van der Waals surface area contributed by atoms with Gasteiger partial charge in [-0.1, -0.05) is 35.3 Å².